The maximum atomic E-state index is 12.8. The van der Waals surface area contributed by atoms with E-state index in [1.807, 2.05) is 0 Å². The van der Waals surface area contributed by atoms with Crippen LogP contribution in [0.5, 0.6) is 17.4 Å². The molecule has 0 unspecified atom stereocenters. The van der Waals surface area contributed by atoms with Gasteiger partial charge in [-0.05, 0) is 42.5 Å². The molecule has 0 N–H and O–H groups in total. The zero-order chi connectivity index (χ0) is 25.7. The molecule has 3 aromatic rings. The summed E-state index contributed by atoms with van der Waals surface area (Å²) in [7, 11) is 0. The zero-order valence-electron chi connectivity index (χ0n) is 19.0. The molecular weight excluding hydrogens is 486 g/mol. The molecule has 0 atom stereocenters. The Hall–Kier alpha value is -4.51. The number of rotatable bonds is 9. The maximum absolute atomic E-state index is 12.8. The van der Waals surface area contributed by atoms with Crippen LogP contribution in [0.4, 0.5) is 10.5 Å². The van der Waals surface area contributed by atoms with Crippen molar-refractivity contribution in [1.29, 1.82) is 0 Å². The van der Waals surface area contributed by atoms with E-state index >= 15 is 0 Å². The van der Waals surface area contributed by atoms with E-state index in [2.05, 4.69) is 4.98 Å². The third-order valence-corrected chi connectivity index (χ3v) is 5.89. The molecule has 182 valence electrons. The van der Waals surface area contributed by atoms with E-state index in [-0.39, 0.29) is 28.8 Å². The van der Waals surface area contributed by atoms with Crippen molar-refractivity contribution in [3.63, 3.8) is 0 Å². The van der Waals surface area contributed by atoms with E-state index in [1.165, 1.54) is 18.2 Å². The molecular formula is C25H19N3O7S. The summed E-state index contributed by atoms with van der Waals surface area (Å²) in [5.41, 5.74) is 0.824. The number of thioether (sulfide) groups is 1. The number of Topliss-reactive ketones (excluding diaryl/α,β-unsaturated/α-hetero) is 1. The summed E-state index contributed by atoms with van der Waals surface area (Å²) in [6.45, 7) is 1.77. The molecule has 1 aromatic heterocycles. The lowest BCUT2D eigenvalue weighted by Crippen LogP contribution is -2.33. The van der Waals surface area contributed by atoms with Crippen LogP contribution in [0.3, 0.4) is 0 Å². The van der Waals surface area contributed by atoms with Crippen molar-refractivity contribution in [1.82, 2.24) is 9.88 Å². The van der Waals surface area contributed by atoms with Crippen molar-refractivity contribution < 1.29 is 28.8 Å². The van der Waals surface area contributed by atoms with Crippen molar-refractivity contribution in [2.24, 2.45) is 0 Å². The van der Waals surface area contributed by atoms with E-state index in [9.17, 15) is 24.5 Å². The predicted octanol–water partition coefficient (Wildman–Crippen LogP) is 5.10. The van der Waals surface area contributed by atoms with Gasteiger partial charge in [-0.3, -0.25) is 29.4 Å². The number of pyridine rings is 1. The highest BCUT2D eigenvalue weighted by atomic mass is 32.2. The SMILES string of the molecule is CCOc1cc(/C=C2\SC(=O)N(CC(=O)c3ccccc3)C2=O)ccc1Oc1ccc([N+](=O)[O-])cn1. The van der Waals surface area contributed by atoms with Crippen LogP contribution in [0.2, 0.25) is 0 Å². The van der Waals surface area contributed by atoms with Gasteiger partial charge in [-0.15, -0.1) is 0 Å². The molecule has 0 saturated carbocycles. The Kier molecular flexibility index (Phi) is 7.40. The van der Waals surface area contributed by atoms with Gasteiger partial charge in [-0.25, -0.2) is 4.98 Å². The van der Waals surface area contributed by atoms with Crippen LogP contribution in [0.1, 0.15) is 22.8 Å². The third-order valence-electron chi connectivity index (χ3n) is 4.98. The van der Waals surface area contributed by atoms with Gasteiger partial charge >= 0.3 is 0 Å². The largest absolute Gasteiger partial charge is 0.490 e. The first kappa shape index (κ1) is 24.6. The van der Waals surface area contributed by atoms with Crippen LogP contribution in [0, 0.1) is 10.1 Å². The molecule has 0 radical (unpaired) electrons. The minimum Gasteiger partial charge on any atom is -0.490 e. The molecule has 1 saturated heterocycles. The fourth-order valence-electron chi connectivity index (χ4n) is 3.27. The molecule has 11 heteroatoms. The minimum absolute atomic E-state index is 0.138. The van der Waals surface area contributed by atoms with Crippen LogP contribution in [-0.4, -0.2) is 44.9 Å². The van der Waals surface area contributed by atoms with Crippen molar-refractivity contribution in [3.8, 4) is 17.4 Å². The Morgan fingerprint density at radius 2 is 1.89 bits per heavy atom. The first-order chi connectivity index (χ1) is 17.4. The average molecular weight is 506 g/mol. The van der Waals surface area contributed by atoms with E-state index in [1.54, 1.807) is 55.5 Å². The molecule has 1 aliphatic rings. The van der Waals surface area contributed by atoms with Gasteiger partial charge in [0, 0.05) is 17.7 Å². The number of carbonyl (C=O) groups is 3. The van der Waals surface area contributed by atoms with Crippen LogP contribution in [-0.2, 0) is 4.79 Å². The maximum Gasteiger partial charge on any atom is 0.293 e. The quantitative estimate of drug-likeness (QED) is 0.169. The summed E-state index contributed by atoms with van der Waals surface area (Å²) in [5, 5.41) is 10.3. The number of carbonyl (C=O) groups excluding carboxylic acids is 3. The van der Waals surface area contributed by atoms with Gasteiger partial charge in [0.05, 0.1) is 23.0 Å². The van der Waals surface area contributed by atoms with Crippen LogP contribution < -0.4 is 9.47 Å². The Labute approximate surface area is 209 Å². The standard InChI is InChI=1S/C25H19N3O7S/c1-2-34-21-12-16(8-10-20(21)35-23-11-9-18(14-26-23)28(32)33)13-22-24(30)27(25(31)36-22)15-19(29)17-6-4-3-5-7-17/h3-14H,2,15H2,1H3/b22-13-. The van der Waals surface area contributed by atoms with Crippen LogP contribution >= 0.6 is 11.8 Å². The lowest BCUT2D eigenvalue weighted by Gasteiger charge is -2.12. The molecule has 0 bridgehead atoms. The first-order valence-electron chi connectivity index (χ1n) is 10.7. The number of ether oxygens (including phenoxy) is 2. The topological polar surface area (TPSA) is 129 Å². The molecule has 1 aliphatic heterocycles. The molecule has 0 aliphatic carbocycles. The van der Waals surface area contributed by atoms with E-state index < -0.39 is 16.1 Å². The molecule has 2 amide bonds. The fraction of sp³-hybridized carbons (Fsp3) is 0.120. The van der Waals surface area contributed by atoms with Gasteiger partial charge in [0.2, 0.25) is 5.88 Å². The molecule has 0 spiro atoms. The number of aromatic nitrogens is 1. The average Bonchev–Trinajstić information content (AvgIpc) is 3.13. The Morgan fingerprint density at radius 1 is 1.11 bits per heavy atom. The Bertz CT molecular complexity index is 1360. The smallest absolute Gasteiger partial charge is 0.293 e. The number of nitrogens with zero attached hydrogens (tertiary/aromatic N) is 3. The second-order valence-corrected chi connectivity index (χ2v) is 8.40. The second kappa shape index (κ2) is 10.8. The van der Waals surface area contributed by atoms with Gasteiger partial charge in [-0.2, -0.15) is 0 Å². The molecule has 4 rings (SSSR count). The number of hydrogen-bond donors (Lipinski definition) is 0. The molecule has 2 heterocycles. The van der Waals surface area contributed by atoms with E-state index in [0.717, 1.165) is 22.9 Å². The van der Waals surface area contributed by atoms with E-state index in [4.69, 9.17) is 9.47 Å². The van der Waals surface area contributed by atoms with Crippen LogP contribution in [0.25, 0.3) is 6.08 Å². The number of benzene rings is 2. The Balaban J connectivity index is 1.52. The zero-order valence-corrected chi connectivity index (χ0v) is 19.8. The summed E-state index contributed by atoms with van der Waals surface area (Å²) in [6, 6.07) is 16.0. The fourth-order valence-corrected chi connectivity index (χ4v) is 4.11. The number of ketones is 1. The van der Waals surface area contributed by atoms with Gasteiger partial charge in [0.15, 0.2) is 17.3 Å². The lowest BCUT2D eigenvalue weighted by molar-refractivity contribution is -0.385. The monoisotopic (exact) mass is 505 g/mol. The van der Waals surface area contributed by atoms with Gasteiger partial charge in [-0.1, -0.05) is 36.4 Å². The number of amides is 2. The lowest BCUT2D eigenvalue weighted by atomic mass is 10.1. The highest BCUT2D eigenvalue weighted by Gasteiger charge is 2.36. The summed E-state index contributed by atoms with van der Waals surface area (Å²) < 4.78 is 11.4. The molecule has 10 nitrogen and oxygen atoms in total. The van der Waals surface area contributed by atoms with Gasteiger partial charge in [0.25, 0.3) is 16.8 Å². The number of nitro groups is 1. The second-order valence-electron chi connectivity index (χ2n) is 7.41. The summed E-state index contributed by atoms with van der Waals surface area (Å²) >= 11 is 0.753. The summed E-state index contributed by atoms with van der Waals surface area (Å²) in [5.74, 6) is -0.0814. The highest BCUT2D eigenvalue weighted by molar-refractivity contribution is 8.18. The number of hydrogen-bond acceptors (Lipinski definition) is 9. The first-order valence-corrected chi connectivity index (χ1v) is 11.6. The molecule has 1 fully saturated rings. The molecule has 36 heavy (non-hydrogen) atoms. The van der Waals surface area contributed by atoms with Crippen molar-refractivity contribution in [2.75, 3.05) is 13.2 Å². The minimum atomic E-state index is -0.559. The van der Waals surface area contributed by atoms with Crippen LogP contribution in [0.15, 0.2) is 71.8 Å². The molecule has 2 aromatic carbocycles. The Morgan fingerprint density at radius 3 is 2.56 bits per heavy atom. The summed E-state index contributed by atoms with van der Waals surface area (Å²) in [6.07, 6.45) is 2.62. The van der Waals surface area contributed by atoms with E-state index in [0.29, 0.717) is 29.2 Å². The predicted molar refractivity (Wildman–Crippen MR) is 132 cm³/mol. The van der Waals surface area contributed by atoms with Crippen molar-refractivity contribution in [2.45, 2.75) is 6.92 Å². The highest BCUT2D eigenvalue weighted by Crippen LogP contribution is 2.36. The normalized spacial score (nSPS) is 14.2. The van der Waals surface area contributed by atoms with Crippen molar-refractivity contribution >= 4 is 40.5 Å². The number of imide groups is 1. The van der Waals surface area contributed by atoms with Gasteiger partial charge in [0.1, 0.15) is 6.20 Å². The van der Waals surface area contributed by atoms with Crippen molar-refractivity contribution in [3.05, 3.63) is 93.0 Å². The third kappa shape index (κ3) is 5.58. The van der Waals surface area contributed by atoms with Gasteiger partial charge < -0.3 is 9.47 Å². The summed E-state index contributed by atoms with van der Waals surface area (Å²) in [4.78, 5) is 53.0.